The molecule has 1 aliphatic heterocycles. The lowest BCUT2D eigenvalue weighted by Crippen LogP contribution is -2.45. The van der Waals surface area contributed by atoms with Crippen molar-refractivity contribution in [2.45, 2.75) is 32.4 Å². The highest BCUT2D eigenvalue weighted by atomic mass is 79.9. The molecule has 18 heavy (non-hydrogen) atoms. The molecule has 4 heteroatoms. The van der Waals surface area contributed by atoms with Gasteiger partial charge in [0.25, 0.3) is 0 Å². The Kier molecular flexibility index (Phi) is 5.49. The second kappa shape index (κ2) is 6.90. The van der Waals surface area contributed by atoms with Crippen molar-refractivity contribution in [1.29, 1.82) is 0 Å². The maximum Gasteiger partial charge on any atom is 0.0410 e. The maximum absolute atomic E-state index is 6.08. The minimum Gasteiger partial charge on any atom is -0.315 e. The fourth-order valence-corrected chi connectivity index (χ4v) is 3.09. The average Bonchev–Trinajstić information content (AvgIpc) is 2.41. The summed E-state index contributed by atoms with van der Waals surface area (Å²) in [7, 11) is 0. The number of halogens is 2. The molecule has 1 fully saturated rings. The highest BCUT2D eigenvalue weighted by molar-refractivity contribution is 9.10. The Morgan fingerprint density at radius 2 is 2.33 bits per heavy atom. The van der Waals surface area contributed by atoms with Gasteiger partial charge in [-0.15, -0.1) is 0 Å². The van der Waals surface area contributed by atoms with E-state index in [1.165, 1.54) is 18.4 Å². The first kappa shape index (κ1) is 14.3. The van der Waals surface area contributed by atoms with Gasteiger partial charge in [-0.3, -0.25) is 4.90 Å². The quantitative estimate of drug-likeness (QED) is 0.905. The van der Waals surface area contributed by atoms with Gasteiger partial charge in [0.05, 0.1) is 0 Å². The van der Waals surface area contributed by atoms with Gasteiger partial charge in [-0.05, 0) is 49.7 Å². The van der Waals surface area contributed by atoms with Gasteiger partial charge in [0.15, 0.2) is 0 Å². The molecule has 1 aromatic rings. The lowest BCUT2D eigenvalue weighted by molar-refractivity contribution is 0.166. The summed E-state index contributed by atoms with van der Waals surface area (Å²) in [6, 6.07) is 6.66. The van der Waals surface area contributed by atoms with Gasteiger partial charge < -0.3 is 5.32 Å². The molecule has 1 aliphatic rings. The van der Waals surface area contributed by atoms with Crippen molar-refractivity contribution in [2.75, 3.05) is 19.6 Å². The van der Waals surface area contributed by atoms with Crippen LogP contribution in [-0.4, -0.2) is 30.6 Å². The zero-order chi connectivity index (χ0) is 13.0. The number of nitrogens with one attached hydrogen (secondary N) is 1. The Hall–Kier alpha value is -0.0900. The van der Waals surface area contributed by atoms with Gasteiger partial charge in [0.1, 0.15) is 0 Å². The summed E-state index contributed by atoms with van der Waals surface area (Å²) in [6.07, 6.45) is 2.57. The fourth-order valence-electron chi connectivity index (χ4n) is 2.53. The Labute approximate surface area is 123 Å². The maximum atomic E-state index is 6.08. The lowest BCUT2D eigenvalue weighted by atomic mass is 10.0. The summed E-state index contributed by atoms with van der Waals surface area (Å²) in [4.78, 5) is 2.53. The topological polar surface area (TPSA) is 15.3 Å². The van der Waals surface area contributed by atoms with E-state index in [0.717, 1.165) is 35.7 Å². The third-order valence-corrected chi connectivity index (χ3v) is 4.58. The van der Waals surface area contributed by atoms with Crippen LogP contribution in [0.5, 0.6) is 0 Å². The number of rotatable bonds is 4. The Bertz CT molecular complexity index is 391. The Morgan fingerprint density at radius 3 is 3.00 bits per heavy atom. The van der Waals surface area contributed by atoms with Crippen molar-refractivity contribution in [3.8, 4) is 0 Å². The SMILES string of the molecule is CCN(Cc1cc(Cl)ccc1Br)C1CCCNC1. The van der Waals surface area contributed by atoms with Gasteiger partial charge in [-0.25, -0.2) is 0 Å². The molecule has 0 aromatic heterocycles. The highest BCUT2D eigenvalue weighted by Gasteiger charge is 2.20. The fraction of sp³-hybridized carbons (Fsp3) is 0.571. The van der Waals surface area contributed by atoms with E-state index in [1.54, 1.807) is 0 Å². The van der Waals surface area contributed by atoms with Crippen LogP contribution in [0, 0.1) is 0 Å². The lowest BCUT2D eigenvalue weighted by Gasteiger charge is -2.34. The minimum absolute atomic E-state index is 0.648. The highest BCUT2D eigenvalue weighted by Crippen LogP contribution is 2.24. The second-order valence-electron chi connectivity index (χ2n) is 4.80. The number of likely N-dealkylation sites (N-methyl/N-ethyl adjacent to an activating group) is 1. The minimum atomic E-state index is 0.648. The van der Waals surface area contributed by atoms with E-state index in [9.17, 15) is 0 Å². The molecule has 1 aromatic carbocycles. The van der Waals surface area contributed by atoms with Gasteiger partial charge in [0, 0.05) is 28.6 Å². The summed E-state index contributed by atoms with van der Waals surface area (Å²) in [6.45, 7) is 6.53. The summed E-state index contributed by atoms with van der Waals surface area (Å²) in [5.41, 5.74) is 1.27. The molecule has 0 radical (unpaired) electrons. The Morgan fingerprint density at radius 1 is 1.50 bits per heavy atom. The number of benzene rings is 1. The first-order valence-electron chi connectivity index (χ1n) is 6.59. The van der Waals surface area contributed by atoms with Crippen LogP contribution in [-0.2, 0) is 6.54 Å². The van der Waals surface area contributed by atoms with Crippen LogP contribution in [0.2, 0.25) is 5.02 Å². The molecule has 0 aliphatic carbocycles. The third-order valence-electron chi connectivity index (χ3n) is 3.57. The monoisotopic (exact) mass is 330 g/mol. The molecule has 2 rings (SSSR count). The largest absolute Gasteiger partial charge is 0.315 e. The summed E-state index contributed by atoms with van der Waals surface area (Å²) >= 11 is 9.69. The molecule has 1 saturated heterocycles. The van der Waals surface area contributed by atoms with Crippen molar-refractivity contribution in [3.63, 3.8) is 0 Å². The van der Waals surface area contributed by atoms with Crippen molar-refractivity contribution in [3.05, 3.63) is 33.3 Å². The van der Waals surface area contributed by atoms with Crippen LogP contribution < -0.4 is 5.32 Å². The zero-order valence-electron chi connectivity index (χ0n) is 10.8. The summed E-state index contributed by atoms with van der Waals surface area (Å²) in [5.74, 6) is 0. The van der Waals surface area contributed by atoms with E-state index >= 15 is 0 Å². The van der Waals surface area contributed by atoms with Crippen LogP contribution in [0.3, 0.4) is 0 Å². The Balaban J connectivity index is 2.06. The van der Waals surface area contributed by atoms with E-state index in [-0.39, 0.29) is 0 Å². The molecule has 0 spiro atoms. The van der Waals surface area contributed by atoms with Crippen molar-refractivity contribution in [2.24, 2.45) is 0 Å². The standard InChI is InChI=1S/C14H20BrClN2/c1-2-18(13-4-3-7-17-9-13)10-11-8-12(16)5-6-14(11)15/h5-6,8,13,17H,2-4,7,9-10H2,1H3. The molecule has 1 atom stereocenters. The second-order valence-corrected chi connectivity index (χ2v) is 6.09. The van der Waals surface area contributed by atoms with Crippen LogP contribution in [0.4, 0.5) is 0 Å². The summed E-state index contributed by atoms with van der Waals surface area (Å²) < 4.78 is 1.15. The molecular formula is C14H20BrClN2. The van der Waals surface area contributed by atoms with Crippen molar-refractivity contribution < 1.29 is 0 Å². The smallest absolute Gasteiger partial charge is 0.0410 e. The van der Waals surface area contributed by atoms with Gasteiger partial charge in [-0.1, -0.05) is 34.5 Å². The average molecular weight is 332 g/mol. The normalized spacial score (nSPS) is 20.3. The van der Waals surface area contributed by atoms with Crippen molar-refractivity contribution in [1.82, 2.24) is 10.2 Å². The van der Waals surface area contributed by atoms with Crippen molar-refractivity contribution >= 4 is 27.5 Å². The molecule has 100 valence electrons. The van der Waals surface area contributed by atoms with Gasteiger partial charge in [0.2, 0.25) is 0 Å². The molecule has 0 saturated carbocycles. The number of hydrogen-bond acceptors (Lipinski definition) is 2. The number of nitrogens with zero attached hydrogens (tertiary/aromatic N) is 1. The van der Waals surface area contributed by atoms with E-state index < -0.39 is 0 Å². The molecule has 1 N–H and O–H groups in total. The molecule has 0 amide bonds. The van der Waals surface area contributed by atoms with Crippen LogP contribution >= 0.6 is 27.5 Å². The molecule has 0 bridgehead atoms. The molecular weight excluding hydrogens is 312 g/mol. The zero-order valence-corrected chi connectivity index (χ0v) is 13.1. The molecule has 1 unspecified atom stereocenters. The van der Waals surface area contributed by atoms with Crippen LogP contribution in [0.1, 0.15) is 25.3 Å². The van der Waals surface area contributed by atoms with E-state index in [4.69, 9.17) is 11.6 Å². The third kappa shape index (κ3) is 3.70. The van der Waals surface area contributed by atoms with Crippen LogP contribution in [0.25, 0.3) is 0 Å². The van der Waals surface area contributed by atoms with Crippen LogP contribution in [0.15, 0.2) is 22.7 Å². The van der Waals surface area contributed by atoms with Gasteiger partial charge in [-0.2, -0.15) is 0 Å². The number of hydrogen-bond donors (Lipinski definition) is 1. The predicted molar refractivity (Wildman–Crippen MR) is 81.1 cm³/mol. The number of piperidine rings is 1. The predicted octanol–water partition coefficient (Wildman–Crippen LogP) is 3.68. The van der Waals surface area contributed by atoms with E-state index in [0.29, 0.717) is 6.04 Å². The molecule has 2 nitrogen and oxygen atoms in total. The molecule has 1 heterocycles. The summed E-state index contributed by atoms with van der Waals surface area (Å²) in [5, 5.41) is 4.29. The first-order chi connectivity index (χ1) is 8.70. The van der Waals surface area contributed by atoms with E-state index in [2.05, 4.69) is 39.1 Å². The van der Waals surface area contributed by atoms with E-state index in [1.807, 2.05) is 12.1 Å². The first-order valence-corrected chi connectivity index (χ1v) is 7.76. The van der Waals surface area contributed by atoms with Gasteiger partial charge >= 0.3 is 0 Å².